The van der Waals surface area contributed by atoms with E-state index in [0.717, 1.165) is 36.3 Å². The highest BCUT2D eigenvalue weighted by Gasteiger charge is 2.22. The molecular formula is C14H16Cl2N4O. The van der Waals surface area contributed by atoms with E-state index in [9.17, 15) is 4.79 Å². The molecule has 112 valence electrons. The van der Waals surface area contributed by atoms with Crippen molar-refractivity contribution in [2.24, 2.45) is 0 Å². The van der Waals surface area contributed by atoms with Gasteiger partial charge in [0.1, 0.15) is 11.3 Å². The smallest absolute Gasteiger partial charge is 0.220 e. The third-order valence-corrected chi connectivity index (χ3v) is 3.92. The number of imidazole rings is 1. The third-order valence-electron chi connectivity index (χ3n) is 3.48. The second-order valence-corrected chi connectivity index (χ2v) is 5.96. The number of pyridine rings is 1. The largest absolute Gasteiger partial charge is 0.353 e. The molecule has 1 aliphatic carbocycles. The second kappa shape index (κ2) is 6.20. The minimum absolute atomic E-state index is 0.116. The average molecular weight is 327 g/mol. The summed E-state index contributed by atoms with van der Waals surface area (Å²) in [4.78, 5) is 20.4. The Kier molecular flexibility index (Phi) is 4.31. The van der Waals surface area contributed by atoms with Gasteiger partial charge in [0.2, 0.25) is 5.91 Å². The summed E-state index contributed by atoms with van der Waals surface area (Å²) < 4.78 is 1.96. The normalized spacial score (nSPS) is 14.6. The van der Waals surface area contributed by atoms with Crippen molar-refractivity contribution in [3.8, 4) is 0 Å². The SMILES string of the molecule is O=C(CCCn1c(CCl)nc2cc(Cl)cnc21)NC1CC1. The van der Waals surface area contributed by atoms with E-state index in [1.165, 1.54) is 0 Å². The van der Waals surface area contributed by atoms with Gasteiger partial charge in [0.05, 0.1) is 10.9 Å². The minimum Gasteiger partial charge on any atom is -0.353 e. The predicted octanol–water partition coefficient (Wildman–Crippen LogP) is 2.88. The Hall–Kier alpha value is -1.33. The van der Waals surface area contributed by atoms with E-state index in [1.54, 1.807) is 12.3 Å². The van der Waals surface area contributed by atoms with Gasteiger partial charge in [-0.3, -0.25) is 4.79 Å². The summed E-state index contributed by atoms with van der Waals surface area (Å²) in [6.45, 7) is 0.672. The zero-order valence-electron chi connectivity index (χ0n) is 11.5. The Morgan fingerprint density at radius 3 is 3.00 bits per heavy atom. The number of rotatable bonds is 6. The molecule has 0 unspecified atom stereocenters. The third kappa shape index (κ3) is 3.47. The molecule has 1 N–H and O–H groups in total. The van der Waals surface area contributed by atoms with Crippen LogP contribution < -0.4 is 5.32 Å². The highest BCUT2D eigenvalue weighted by molar-refractivity contribution is 6.31. The molecule has 1 aliphatic rings. The minimum atomic E-state index is 0.116. The summed E-state index contributed by atoms with van der Waals surface area (Å²) in [5.41, 5.74) is 1.50. The van der Waals surface area contributed by atoms with Gasteiger partial charge in [-0.1, -0.05) is 11.6 Å². The Labute approximate surface area is 132 Å². The Balaban J connectivity index is 1.68. The number of amides is 1. The number of fused-ring (bicyclic) bond motifs is 1. The van der Waals surface area contributed by atoms with E-state index in [4.69, 9.17) is 23.2 Å². The van der Waals surface area contributed by atoms with E-state index in [0.29, 0.717) is 29.9 Å². The fourth-order valence-corrected chi connectivity index (χ4v) is 2.65. The van der Waals surface area contributed by atoms with Crippen LogP contribution in [0.1, 0.15) is 31.5 Å². The van der Waals surface area contributed by atoms with Crippen molar-refractivity contribution < 1.29 is 4.79 Å². The average Bonchev–Trinajstić information content (AvgIpc) is 3.19. The summed E-state index contributed by atoms with van der Waals surface area (Å²) in [6.07, 6.45) is 5.06. The molecule has 2 aromatic rings. The number of carbonyl (C=O) groups excluding carboxylic acids is 1. The molecule has 0 atom stereocenters. The molecule has 0 radical (unpaired) electrons. The first-order valence-electron chi connectivity index (χ1n) is 7.03. The molecule has 2 aromatic heterocycles. The van der Waals surface area contributed by atoms with Crippen LogP contribution in [0.3, 0.4) is 0 Å². The highest BCUT2D eigenvalue weighted by Crippen LogP contribution is 2.20. The summed E-state index contributed by atoms with van der Waals surface area (Å²) in [5.74, 6) is 1.18. The van der Waals surface area contributed by atoms with Crippen LogP contribution in [0, 0.1) is 0 Å². The fraction of sp³-hybridized carbons (Fsp3) is 0.500. The van der Waals surface area contributed by atoms with Crippen molar-refractivity contribution in [3.05, 3.63) is 23.1 Å². The topological polar surface area (TPSA) is 59.8 Å². The first-order valence-corrected chi connectivity index (χ1v) is 7.94. The van der Waals surface area contributed by atoms with Gasteiger partial charge in [0.25, 0.3) is 0 Å². The van der Waals surface area contributed by atoms with Gasteiger partial charge in [-0.25, -0.2) is 9.97 Å². The molecule has 0 spiro atoms. The summed E-state index contributed by atoms with van der Waals surface area (Å²) in [7, 11) is 0. The Morgan fingerprint density at radius 1 is 1.48 bits per heavy atom. The van der Waals surface area contributed by atoms with E-state index >= 15 is 0 Å². The molecule has 0 bridgehead atoms. The lowest BCUT2D eigenvalue weighted by atomic mass is 10.3. The number of hydrogen-bond donors (Lipinski definition) is 1. The lowest BCUT2D eigenvalue weighted by Crippen LogP contribution is -2.25. The van der Waals surface area contributed by atoms with Gasteiger partial charge in [-0.05, 0) is 25.3 Å². The molecule has 3 rings (SSSR count). The lowest BCUT2D eigenvalue weighted by Gasteiger charge is -2.07. The van der Waals surface area contributed by atoms with Gasteiger partial charge in [-0.15, -0.1) is 11.6 Å². The fourth-order valence-electron chi connectivity index (χ4n) is 2.30. The quantitative estimate of drug-likeness (QED) is 0.830. The molecule has 0 saturated heterocycles. The number of hydrogen-bond acceptors (Lipinski definition) is 3. The monoisotopic (exact) mass is 326 g/mol. The van der Waals surface area contributed by atoms with Crippen molar-refractivity contribution >= 4 is 40.3 Å². The van der Waals surface area contributed by atoms with Crippen LogP contribution in [-0.4, -0.2) is 26.5 Å². The van der Waals surface area contributed by atoms with Crippen LogP contribution in [0.4, 0.5) is 0 Å². The molecule has 0 aliphatic heterocycles. The van der Waals surface area contributed by atoms with Crippen LogP contribution in [0.5, 0.6) is 0 Å². The summed E-state index contributed by atoms with van der Waals surface area (Å²) in [5, 5.41) is 3.54. The summed E-state index contributed by atoms with van der Waals surface area (Å²) >= 11 is 11.9. The molecule has 1 saturated carbocycles. The van der Waals surface area contributed by atoms with Crippen molar-refractivity contribution in [2.45, 2.75) is 44.1 Å². The molecule has 7 heteroatoms. The van der Waals surface area contributed by atoms with Crippen LogP contribution >= 0.6 is 23.2 Å². The first kappa shape index (κ1) is 14.6. The summed E-state index contributed by atoms with van der Waals surface area (Å²) in [6, 6.07) is 2.18. The molecule has 1 amide bonds. The molecule has 1 fully saturated rings. The maximum atomic E-state index is 11.7. The van der Waals surface area contributed by atoms with Gasteiger partial charge >= 0.3 is 0 Å². The number of carbonyl (C=O) groups is 1. The van der Waals surface area contributed by atoms with E-state index < -0.39 is 0 Å². The molecule has 2 heterocycles. The maximum Gasteiger partial charge on any atom is 0.220 e. The number of nitrogens with zero attached hydrogens (tertiary/aromatic N) is 3. The van der Waals surface area contributed by atoms with Gasteiger partial charge in [0.15, 0.2) is 5.65 Å². The van der Waals surface area contributed by atoms with Crippen LogP contribution in [0.25, 0.3) is 11.2 Å². The standard InChI is InChI=1S/C14H16Cl2N4O/c15-7-12-19-11-6-9(16)8-17-14(11)20(12)5-1-2-13(21)18-10-3-4-10/h6,8,10H,1-5,7H2,(H,18,21). The van der Waals surface area contributed by atoms with E-state index in [1.807, 2.05) is 4.57 Å². The molecule has 5 nitrogen and oxygen atoms in total. The van der Waals surface area contributed by atoms with Crippen LogP contribution in [0.2, 0.25) is 5.02 Å². The van der Waals surface area contributed by atoms with Gasteiger partial charge in [-0.2, -0.15) is 0 Å². The number of halogens is 2. The Bertz CT molecular complexity index is 666. The first-order chi connectivity index (χ1) is 10.2. The van der Waals surface area contributed by atoms with Crippen molar-refractivity contribution in [3.63, 3.8) is 0 Å². The van der Waals surface area contributed by atoms with Crippen molar-refractivity contribution in [1.82, 2.24) is 19.9 Å². The zero-order valence-corrected chi connectivity index (χ0v) is 13.0. The lowest BCUT2D eigenvalue weighted by molar-refractivity contribution is -0.121. The molecular weight excluding hydrogens is 311 g/mol. The van der Waals surface area contributed by atoms with E-state index in [2.05, 4.69) is 15.3 Å². The Morgan fingerprint density at radius 2 is 2.29 bits per heavy atom. The number of aryl methyl sites for hydroxylation is 1. The predicted molar refractivity (Wildman–Crippen MR) is 82.5 cm³/mol. The second-order valence-electron chi connectivity index (χ2n) is 5.25. The zero-order chi connectivity index (χ0) is 14.8. The van der Waals surface area contributed by atoms with Gasteiger partial charge in [0, 0.05) is 25.2 Å². The van der Waals surface area contributed by atoms with Crippen molar-refractivity contribution in [2.75, 3.05) is 0 Å². The highest BCUT2D eigenvalue weighted by atomic mass is 35.5. The number of aromatic nitrogens is 3. The number of nitrogens with one attached hydrogen (secondary N) is 1. The maximum absolute atomic E-state index is 11.7. The van der Waals surface area contributed by atoms with Crippen molar-refractivity contribution in [1.29, 1.82) is 0 Å². The van der Waals surface area contributed by atoms with E-state index in [-0.39, 0.29) is 5.91 Å². The molecule has 0 aromatic carbocycles. The van der Waals surface area contributed by atoms with Crippen LogP contribution in [-0.2, 0) is 17.2 Å². The van der Waals surface area contributed by atoms with Gasteiger partial charge < -0.3 is 9.88 Å². The van der Waals surface area contributed by atoms with Crippen LogP contribution in [0.15, 0.2) is 12.3 Å². The number of alkyl halides is 1. The molecule has 21 heavy (non-hydrogen) atoms.